The van der Waals surface area contributed by atoms with Gasteiger partial charge in [-0.2, -0.15) is 0 Å². The smallest absolute Gasteiger partial charge is 0.331 e. The molecule has 2 heterocycles. The van der Waals surface area contributed by atoms with Crippen LogP contribution in [0.5, 0.6) is 5.75 Å². The average Bonchev–Trinajstić information content (AvgIpc) is 2.83. The first kappa shape index (κ1) is 25.7. The van der Waals surface area contributed by atoms with Gasteiger partial charge in [-0.15, -0.1) is 0 Å². The first-order valence-corrected chi connectivity index (χ1v) is 12.1. The maximum atomic E-state index is 13.2. The van der Waals surface area contributed by atoms with Crippen LogP contribution in [0.15, 0.2) is 33.9 Å². The molecule has 1 amide bonds. The van der Waals surface area contributed by atoms with Gasteiger partial charge in [0.05, 0.1) is 0 Å². The Labute approximate surface area is 199 Å². The molecule has 0 saturated carbocycles. The van der Waals surface area contributed by atoms with Crippen LogP contribution in [0.3, 0.4) is 0 Å². The van der Waals surface area contributed by atoms with Crippen LogP contribution in [0.25, 0.3) is 0 Å². The van der Waals surface area contributed by atoms with Crippen LogP contribution in [0, 0.1) is 5.82 Å². The Balaban J connectivity index is 1.80. The van der Waals surface area contributed by atoms with Crippen LogP contribution in [0.1, 0.15) is 63.0 Å². The van der Waals surface area contributed by atoms with Gasteiger partial charge >= 0.3 is 5.69 Å². The molecule has 9 heteroatoms. The fourth-order valence-electron chi connectivity index (χ4n) is 4.50. The first-order valence-electron chi connectivity index (χ1n) is 12.1. The molecule has 8 nitrogen and oxygen atoms in total. The fraction of sp³-hybridized carbons (Fsp3) is 0.560. The fourth-order valence-corrected chi connectivity index (χ4v) is 4.50. The highest BCUT2D eigenvalue weighted by atomic mass is 19.1. The first-order chi connectivity index (χ1) is 16.2. The zero-order valence-electron chi connectivity index (χ0n) is 20.5. The second-order valence-electron chi connectivity index (χ2n) is 9.05. The molecule has 1 aliphatic rings. The van der Waals surface area contributed by atoms with E-state index < -0.39 is 22.9 Å². The van der Waals surface area contributed by atoms with Gasteiger partial charge in [0.1, 0.15) is 5.82 Å². The van der Waals surface area contributed by atoms with Gasteiger partial charge in [-0.1, -0.05) is 26.0 Å². The molecule has 0 bridgehead atoms. The molecule has 0 spiro atoms. The summed E-state index contributed by atoms with van der Waals surface area (Å²) < 4.78 is 15.4. The van der Waals surface area contributed by atoms with Crippen molar-refractivity contribution in [1.29, 1.82) is 0 Å². The number of hydrogen-bond acceptors (Lipinski definition) is 5. The third-order valence-corrected chi connectivity index (χ3v) is 6.89. The molecule has 34 heavy (non-hydrogen) atoms. The van der Waals surface area contributed by atoms with E-state index in [1.165, 1.54) is 21.6 Å². The lowest BCUT2D eigenvalue weighted by molar-refractivity contribution is 0.0677. The monoisotopic (exact) mass is 474 g/mol. The predicted molar refractivity (Wildman–Crippen MR) is 129 cm³/mol. The number of benzene rings is 1. The maximum absolute atomic E-state index is 13.2. The van der Waals surface area contributed by atoms with Gasteiger partial charge in [0.25, 0.3) is 11.5 Å². The van der Waals surface area contributed by atoms with Crippen LogP contribution in [-0.4, -0.2) is 55.1 Å². The van der Waals surface area contributed by atoms with Crippen molar-refractivity contribution in [3.8, 4) is 5.75 Å². The Morgan fingerprint density at radius 2 is 1.65 bits per heavy atom. The van der Waals surface area contributed by atoms with Crippen molar-refractivity contribution in [2.24, 2.45) is 0 Å². The summed E-state index contributed by atoms with van der Waals surface area (Å²) in [5, 5.41) is 10.6. The Bertz CT molecular complexity index is 1120. The van der Waals surface area contributed by atoms with Crippen molar-refractivity contribution in [3.05, 3.63) is 62.2 Å². The maximum Gasteiger partial charge on any atom is 0.331 e. The molecule has 0 aliphatic carbocycles. The molecule has 1 aromatic carbocycles. The van der Waals surface area contributed by atoms with E-state index in [0.29, 0.717) is 24.1 Å². The van der Waals surface area contributed by atoms with E-state index in [9.17, 15) is 23.9 Å². The molecule has 1 N–H and O–H groups in total. The van der Waals surface area contributed by atoms with Gasteiger partial charge < -0.3 is 10.0 Å². The molecule has 0 radical (unpaired) electrons. The molecular formula is C25H35FN4O4. The molecule has 1 aliphatic heterocycles. The van der Waals surface area contributed by atoms with E-state index >= 15 is 0 Å². The molecule has 0 fully saturated rings. The molecular weight excluding hydrogens is 439 g/mol. The van der Waals surface area contributed by atoms with Gasteiger partial charge in [-0.05, 0) is 50.8 Å². The van der Waals surface area contributed by atoms with Crippen LogP contribution in [-0.2, 0) is 19.6 Å². The number of aromatic nitrogens is 2. The molecule has 1 aromatic heterocycles. The Morgan fingerprint density at radius 1 is 1.03 bits per heavy atom. The number of rotatable bonds is 10. The molecule has 2 unspecified atom stereocenters. The summed E-state index contributed by atoms with van der Waals surface area (Å²) in [6, 6.07) is 6.53. The molecule has 2 atom stereocenters. The van der Waals surface area contributed by atoms with Crippen LogP contribution < -0.4 is 11.2 Å². The molecule has 0 saturated heterocycles. The van der Waals surface area contributed by atoms with E-state index in [1.54, 1.807) is 12.1 Å². The second kappa shape index (κ2) is 11.0. The molecule has 3 rings (SSSR count). The third-order valence-electron chi connectivity index (χ3n) is 6.89. The number of carbonyl (C=O) groups is 1. The summed E-state index contributed by atoms with van der Waals surface area (Å²) in [6.07, 6.45) is 2.58. The highest BCUT2D eigenvalue weighted by molar-refractivity contribution is 5.95. The number of nitrogens with zero attached hydrogens (tertiary/aromatic N) is 4. The van der Waals surface area contributed by atoms with E-state index in [4.69, 9.17) is 0 Å². The van der Waals surface area contributed by atoms with Crippen molar-refractivity contribution in [2.75, 3.05) is 13.1 Å². The van der Waals surface area contributed by atoms with Crippen LogP contribution >= 0.6 is 0 Å². The molecule has 186 valence electrons. The van der Waals surface area contributed by atoms with Gasteiger partial charge in [0, 0.05) is 44.8 Å². The topological polar surface area (TPSA) is 87.8 Å². The van der Waals surface area contributed by atoms with Crippen molar-refractivity contribution in [2.45, 2.75) is 78.7 Å². The summed E-state index contributed by atoms with van der Waals surface area (Å²) >= 11 is 0. The van der Waals surface area contributed by atoms with Gasteiger partial charge in [0.15, 0.2) is 5.69 Å². The van der Waals surface area contributed by atoms with E-state index in [0.717, 1.165) is 24.0 Å². The average molecular weight is 475 g/mol. The van der Waals surface area contributed by atoms with Crippen molar-refractivity contribution >= 4 is 5.91 Å². The number of halogens is 1. The Hall–Kier alpha value is -2.94. The molecule has 2 aromatic rings. The minimum absolute atomic E-state index is 0.167. The number of hydrogen-bond donors (Lipinski definition) is 1. The lowest BCUT2D eigenvalue weighted by Crippen LogP contribution is -2.50. The van der Waals surface area contributed by atoms with E-state index in [-0.39, 0.29) is 37.7 Å². The van der Waals surface area contributed by atoms with Gasteiger partial charge in [-0.25, -0.2) is 9.18 Å². The second-order valence-corrected chi connectivity index (χ2v) is 9.05. The van der Waals surface area contributed by atoms with Crippen molar-refractivity contribution in [1.82, 2.24) is 18.9 Å². The van der Waals surface area contributed by atoms with Crippen LogP contribution in [0.2, 0.25) is 0 Å². The number of fused-ring (bicyclic) bond motifs is 1. The van der Waals surface area contributed by atoms with Gasteiger partial charge in [-0.3, -0.25) is 23.6 Å². The number of aromatic hydroxyl groups is 1. The zero-order chi connectivity index (χ0) is 25.0. The quantitative estimate of drug-likeness (QED) is 0.572. The number of carbonyl (C=O) groups excluding carboxylic acids is 1. The number of amides is 1. The third kappa shape index (κ3) is 5.24. The Kier molecular flexibility index (Phi) is 8.30. The summed E-state index contributed by atoms with van der Waals surface area (Å²) in [7, 11) is 0. The predicted octanol–water partition coefficient (Wildman–Crippen LogP) is 2.80. The normalized spacial score (nSPS) is 15.5. The standard InChI is InChI=1S/C25H35FN4O4/c1-5-17(3)28(18(4)6-2)12-7-13-30-24(33)22(31)21-23(32)27(14-15-29(21)25(30)34)16-19-8-10-20(26)11-9-19/h8-11,17-18,31H,5-7,12-16H2,1-4H3. The highest BCUT2D eigenvalue weighted by Gasteiger charge is 2.31. The summed E-state index contributed by atoms with van der Waals surface area (Å²) in [4.78, 5) is 42.8. The van der Waals surface area contributed by atoms with E-state index in [2.05, 4.69) is 32.6 Å². The minimum Gasteiger partial charge on any atom is -0.501 e. The van der Waals surface area contributed by atoms with Gasteiger partial charge in [0.2, 0.25) is 5.75 Å². The van der Waals surface area contributed by atoms with Crippen molar-refractivity contribution < 1.29 is 14.3 Å². The van der Waals surface area contributed by atoms with Crippen LogP contribution in [0.4, 0.5) is 4.39 Å². The highest BCUT2D eigenvalue weighted by Crippen LogP contribution is 2.20. The largest absolute Gasteiger partial charge is 0.501 e. The summed E-state index contributed by atoms with van der Waals surface area (Å²) in [5.74, 6) is -1.66. The van der Waals surface area contributed by atoms with E-state index in [1.807, 2.05) is 0 Å². The zero-order valence-corrected chi connectivity index (χ0v) is 20.5. The summed E-state index contributed by atoms with van der Waals surface area (Å²) in [6.45, 7) is 10.1. The minimum atomic E-state index is -0.841. The van der Waals surface area contributed by atoms with Crippen molar-refractivity contribution in [3.63, 3.8) is 0 Å². The lowest BCUT2D eigenvalue weighted by atomic mass is 10.1. The Morgan fingerprint density at radius 3 is 2.24 bits per heavy atom. The summed E-state index contributed by atoms with van der Waals surface area (Å²) in [5.41, 5.74) is -0.982. The SMILES string of the molecule is CCC(C)N(CCCn1c(=O)c(O)c2n(c1=O)CCN(Cc1ccc(F)cc1)C2=O)C(C)CC. The lowest BCUT2D eigenvalue weighted by Gasteiger charge is -2.34.